The lowest BCUT2D eigenvalue weighted by molar-refractivity contribution is -0.120. The Morgan fingerprint density at radius 2 is 1.79 bits per heavy atom. The van der Waals surface area contributed by atoms with Crippen LogP contribution in [0.5, 0.6) is 5.75 Å². The summed E-state index contributed by atoms with van der Waals surface area (Å²) >= 11 is 0. The van der Waals surface area contributed by atoms with Gasteiger partial charge in [-0.25, -0.2) is 9.97 Å². The Kier molecular flexibility index (Phi) is 7.69. The number of hydrogen-bond donors (Lipinski definition) is 2. The van der Waals surface area contributed by atoms with Gasteiger partial charge in [-0.15, -0.1) is 0 Å². The molecule has 0 aromatic carbocycles. The molecule has 1 aliphatic carbocycles. The molecule has 10 heteroatoms. The van der Waals surface area contributed by atoms with Crippen LogP contribution in [0.25, 0.3) is 0 Å². The van der Waals surface area contributed by atoms with Gasteiger partial charge in [0.05, 0.1) is 30.2 Å². The predicted molar refractivity (Wildman–Crippen MR) is 149 cm³/mol. The zero-order valence-electron chi connectivity index (χ0n) is 22.9. The Bertz CT molecular complexity index is 1180. The monoisotopic (exact) mass is 521 g/mol. The van der Waals surface area contributed by atoms with Crippen molar-refractivity contribution >= 4 is 34.8 Å². The highest BCUT2D eigenvalue weighted by molar-refractivity contribution is 6.05. The largest absolute Gasteiger partial charge is 0.493 e. The van der Waals surface area contributed by atoms with E-state index in [4.69, 9.17) is 4.74 Å². The number of pyridine rings is 2. The second kappa shape index (κ2) is 11.1. The summed E-state index contributed by atoms with van der Waals surface area (Å²) in [7, 11) is 5.49. The molecule has 2 aliphatic heterocycles. The van der Waals surface area contributed by atoms with E-state index in [0.717, 1.165) is 56.6 Å². The van der Waals surface area contributed by atoms with Crippen LogP contribution in [0.3, 0.4) is 0 Å². The van der Waals surface area contributed by atoms with Crippen molar-refractivity contribution in [2.45, 2.75) is 70.0 Å². The number of rotatable bonds is 7. The molecule has 38 heavy (non-hydrogen) atoms. The lowest BCUT2D eigenvalue weighted by atomic mass is 10.0. The van der Waals surface area contributed by atoms with Crippen molar-refractivity contribution in [2.75, 3.05) is 49.4 Å². The molecule has 4 heterocycles. The average molecular weight is 522 g/mol. The van der Waals surface area contributed by atoms with Gasteiger partial charge in [-0.2, -0.15) is 0 Å². The Morgan fingerprint density at radius 1 is 1.05 bits per heavy atom. The van der Waals surface area contributed by atoms with Gasteiger partial charge in [0.2, 0.25) is 5.91 Å². The molecule has 1 saturated heterocycles. The van der Waals surface area contributed by atoms with Crippen molar-refractivity contribution in [1.82, 2.24) is 20.2 Å². The molecule has 1 saturated carbocycles. The molecule has 10 nitrogen and oxygen atoms in total. The first-order chi connectivity index (χ1) is 18.4. The van der Waals surface area contributed by atoms with Crippen molar-refractivity contribution in [2.24, 2.45) is 0 Å². The number of hydrogen-bond acceptors (Lipinski definition) is 8. The molecule has 5 rings (SSSR count). The highest BCUT2D eigenvalue weighted by Gasteiger charge is 2.40. The van der Waals surface area contributed by atoms with E-state index in [1.54, 1.807) is 30.5 Å². The van der Waals surface area contributed by atoms with Gasteiger partial charge in [-0.3, -0.25) is 9.59 Å². The Labute approximate surface area is 224 Å². The summed E-state index contributed by atoms with van der Waals surface area (Å²) in [5, 5.41) is 6.41. The first-order valence-corrected chi connectivity index (χ1v) is 13.8. The number of nitrogens with zero attached hydrogens (tertiary/aromatic N) is 5. The minimum Gasteiger partial charge on any atom is -0.493 e. The number of amides is 2. The quantitative estimate of drug-likeness (QED) is 0.570. The van der Waals surface area contributed by atoms with Crippen LogP contribution >= 0.6 is 0 Å². The van der Waals surface area contributed by atoms with Gasteiger partial charge < -0.3 is 30.1 Å². The predicted octanol–water partition coefficient (Wildman–Crippen LogP) is 3.56. The maximum Gasteiger partial charge on any atom is 0.253 e. The molecular weight excluding hydrogens is 482 g/mol. The molecule has 0 bridgehead atoms. The molecule has 0 spiro atoms. The van der Waals surface area contributed by atoms with E-state index in [1.807, 2.05) is 13.1 Å². The highest BCUT2D eigenvalue weighted by Crippen LogP contribution is 2.42. The summed E-state index contributed by atoms with van der Waals surface area (Å²) in [6.45, 7) is 4.03. The number of nitrogens with one attached hydrogen (secondary N) is 2. The number of likely N-dealkylation sites (tertiary alicyclic amines) is 1. The van der Waals surface area contributed by atoms with Crippen molar-refractivity contribution in [1.29, 1.82) is 0 Å². The minimum absolute atomic E-state index is 0.117. The lowest BCUT2D eigenvalue weighted by Gasteiger charge is -2.44. The molecule has 3 aliphatic rings. The molecule has 2 aromatic heterocycles. The number of ether oxygens (including phenoxy) is 1. The van der Waals surface area contributed by atoms with E-state index in [1.165, 1.54) is 12.8 Å². The number of methoxy groups -OCH3 is 1. The molecule has 2 fully saturated rings. The second-order valence-corrected chi connectivity index (χ2v) is 10.7. The van der Waals surface area contributed by atoms with Gasteiger partial charge in [0.1, 0.15) is 11.9 Å². The van der Waals surface area contributed by atoms with Gasteiger partial charge in [0.15, 0.2) is 11.6 Å². The number of likely N-dealkylation sites (N-methyl/N-ethyl adjacent to an activating group) is 1. The van der Waals surface area contributed by atoms with Gasteiger partial charge >= 0.3 is 0 Å². The molecular formula is C28H39N7O3. The molecule has 2 aromatic rings. The fourth-order valence-corrected chi connectivity index (χ4v) is 5.97. The average Bonchev–Trinajstić information content (AvgIpc) is 3.46. The van der Waals surface area contributed by atoms with E-state index >= 15 is 0 Å². The van der Waals surface area contributed by atoms with Crippen LogP contribution in [0, 0.1) is 0 Å². The van der Waals surface area contributed by atoms with E-state index in [2.05, 4.69) is 44.4 Å². The van der Waals surface area contributed by atoms with Crippen LogP contribution < -0.4 is 25.2 Å². The first-order valence-electron chi connectivity index (χ1n) is 13.8. The van der Waals surface area contributed by atoms with Gasteiger partial charge in [-0.1, -0.05) is 19.8 Å². The summed E-state index contributed by atoms with van der Waals surface area (Å²) in [5.41, 5.74) is 2.29. The van der Waals surface area contributed by atoms with E-state index in [0.29, 0.717) is 29.0 Å². The number of aromatic nitrogens is 2. The number of anilines is 4. The zero-order valence-corrected chi connectivity index (χ0v) is 22.9. The third-order valence-electron chi connectivity index (χ3n) is 8.19. The number of fused-ring (bicyclic) bond motifs is 1. The lowest BCUT2D eigenvalue weighted by Crippen LogP contribution is -2.55. The Hall–Kier alpha value is -3.40. The zero-order chi connectivity index (χ0) is 26.8. The summed E-state index contributed by atoms with van der Waals surface area (Å²) in [4.78, 5) is 41.5. The van der Waals surface area contributed by atoms with E-state index < -0.39 is 0 Å². The van der Waals surface area contributed by atoms with E-state index in [9.17, 15) is 9.59 Å². The van der Waals surface area contributed by atoms with Crippen LogP contribution in [0.2, 0.25) is 0 Å². The fourth-order valence-electron chi connectivity index (χ4n) is 5.97. The van der Waals surface area contributed by atoms with E-state index in [-0.39, 0.29) is 23.9 Å². The Morgan fingerprint density at radius 3 is 2.47 bits per heavy atom. The maximum absolute atomic E-state index is 13.2. The molecule has 204 valence electrons. The Balaban J connectivity index is 1.38. The maximum atomic E-state index is 13.2. The first kappa shape index (κ1) is 26.2. The normalized spacial score (nSPS) is 20.9. The summed E-state index contributed by atoms with van der Waals surface area (Å²) in [6, 6.07) is 4.05. The van der Waals surface area contributed by atoms with Crippen molar-refractivity contribution in [3.05, 3.63) is 30.1 Å². The SMILES string of the molecule is CCC1C(=O)N(C)c2cnc(Nc3ncc(C(=O)NC4CCN(C)CC4)cc3OC)cc2N1C1CCCC1. The number of carbonyl (C=O) groups excluding carboxylic acids is 2. The molecule has 1 unspecified atom stereocenters. The van der Waals surface area contributed by atoms with Crippen molar-refractivity contribution < 1.29 is 14.3 Å². The molecule has 2 N–H and O–H groups in total. The molecule has 0 radical (unpaired) electrons. The topological polar surface area (TPSA) is 103 Å². The van der Waals surface area contributed by atoms with Crippen molar-refractivity contribution in [3.63, 3.8) is 0 Å². The molecule has 2 amide bonds. The third-order valence-corrected chi connectivity index (χ3v) is 8.19. The van der Waals surface area contributed by atoms with Gasteiger partial charge in [0, 0.05) is 31.4 Å². The van der Waals surface area contributed by atoms with Gasteiger partial charge in [0.25, 0.3) is 5.91 Å². The van der Waals surface area contributed by atoms with Crippen LogP contribution in [-0.4, -0.2) is 79.1 Å². The summed E-state index contributed by atoms with van der Waals surface area (Å²) in [6.07, 6.45) is 10.5. The van der Waals surface area contributed by atoms with Crippen LogP contribution in [0.15, 0.2) is 24.5 Å². The standard InChI is InChI=1S/C28H39N7O3/c1-5-21-28(37)34(3)23-17-29-25(15-22(23)35(21)20-8-6-7-9-20)32-26-24(38-4)14-18(16-30-26)27(36)31-19-10-12-33(2)13-11-19/h14-17,19-21H,5-13H2,1-4H3,(H,31,36)(H,29,30,32). The van der Waals surface area contributed by atoms with Gasteiger partial charge in [-0.05, 0) is 58.3 Å². The van der Waals surface area contributed by atoms with Crippen LogP contribution in [-0.2, 0) is 4.79 Å². The number of piperidine rings is 1. The smallest absolute Gasteiger partial charge is 0.253 e. The third kappa shape index (κ3) is 5.14. The summed E-state index contributed by atoms with van der Waals surface area (Å²) in [5.74, 6) is 1.53. The molecule has 1 atom stereocenters. The second-order valence-electron chi connectivity index (χ2n) is 10.7. The van der Waals surface area contributed by atoms with Crippen LogP contribution in [0.4, 0.5) is 23.0 Å². The highest BCUT2D eigenvalue weighted by atomic mass is 16.5. The van der Waals surface area contributed by atoms with Crippen molar-refractivity contribution in [3.8, 4) is 5.75 Å². The minimum atomic E-state index is -0.180. The number of carbonyl (C=O) groups is 2. The fraction of sp³-hybridized carbons (Fsp3) is 0.571. The van der Waals surface area contributed by atoms with Crippen LogP contribution in [0.1, 0.15) is 62.2 Å². The summed E-state index contributed by atoms with van der Waals surface area (Å²) < 4.78 is 5.59.